The van der Waals surface area contributed by atoms with Gasteiger partial charge in [-0.25, -0.2) is 13.2 Å². The second-order valence-electron chi connectivity index (χ2n) is 9.28. The molecule has 2 aromatic carbocycles. The topological polar surface area (TPSA) is 132 Å². The smallest absolute Gasteiger partial charge is 0.344 e. The quantitative estimate of drug-likeness (QED) is 0.462. The van der Waals surface area contributed by atoms with Crippen LogP contribution in [0.25, 0.3) is 0 Å². The van der Waals surface area contributed by atoms with E-state index < -0.39 is 28.3 Å². The minimum atomic E-state index is -3.74. The van der Waals surface area contributed by atoms with Crippen LogP contribution in [0.4, 0.5) is 0 Å². The molecule has 2 saturated heterocycles. The summed E-state index contributed by atoms with van der Waals surface area (Å²) < 4.78 is 48.9. The average molecular weight is 560 g/mol. The van der Waals surface area contributed by atoms with E-state index in [1.54, 1.807) is 29.2 Å². The Balaban J connectivity index is 1.32. The highest BCUT2D eigenvalue weighted by atomic mass is 32.2. The number of cyclic esters (lactones) is 1. The maximum atomic E-state index is 13.6. The number of esters is 1. The van der Waals surface area contributed by atoms with Crippen molar-refractivity contribution in [3.63, 3.8) is 0 Å². The lowest BCUT2D eigenvalue weighted by Gasteiger charge is -2.37. The number of fused-ring (bicyclic) bond motifs is 1. The molecule has 13 heteroatoms. The van der Waals surface area contributed by atoms with Gasteiger partial charge in [0, 0.05) is 38.2 Å². The van der Waals surface area contributed by atoms with Crippen LogP contribution in [0, 0.1) is 0 Å². The second kappa shape index (κ2) is 10.4. The maximum Gasteiger partial charge on any atom is 0.344 e. The zero-order valence-electron chi connectivity index (χ0n) is 21.8. The summed E-state index contributed by atoms with van der Waals surface area (Å²) in [5.74, 6) is -0.202. The van der Waals surface area contributed by atoms with Crippen molar-refractivity contribution in [3.8, 4) is 17.2 Å². The van der Waals surface area contributed by atoms with E-state index in [2.05, 4.69) is 0 Å². The van der Waals surface area contributed by atoms with Crippen molar-refractivity contribution in [2.75, 3.05) is 47.5 Å². The molecule has 3 heterocycles. The van der Waals surface area contributed by atoms with Crippen LogP contribution in [0.3, 0.4) is 0 Å². The molecule has 3 aliphatic rings. The Morgan fingerprint density at radius 2 is 1.62 bits per heavy atom. The molecule has 12 nitrogen and oxygen atoms in total. The Morgan fingerprint density at radius 3 is 2.23 bits per heavy atom. The summed E-state index contributed by atoms with van der Waals surface area (Å²) in [6, 6.07) is 8.53. The van der Waals surface area contributed by atoms with Gasteiger partial charge in [-0.3, -0.25) is 14.5 Å². The van der Waals surface area contributed by atoms with Gasteiger partial charge in [0.25, 0.3) is 0 Å². The van der Waals surface area contributed by atoms with E-state index in [1.807, 2.05) is 0 Å². The lowest BCUT2D eigenvalue weighted by molar-refractivity contribution is -0.151. The molecular formula is C26H29N3O9S. The van der Waals surface area contributed by atoms with E-state index in [1.165, 1.54) is 42.7 Å². The van der Waals surface area contributed by atoms with E-state index in [0.29, 0.717) is 17.1 Å². The first kappa shape index (κ1) is 26.8. The number of sulfonamides is 1. The van der Waals surface area contributed by atoms with Gasteiger partial charge in [0.05, 0.1) is 26.2 Å². The Kier molecular flexibility index (Phi) is 7.12. The molecule has 2 atom stereocenters. The summed E-state index contributed by atoms with van der Waals surface area (Å²) in [6.07, 6.45) is -0.689. The predicted octanol–water partition coefficient (Wildman–Crippen LogP) is 1.41. The number of rotatable bonds is 7. The lowest BCUT2D eigenvalue weighted by Crippen LogP contribution is -2.55. The Hall–Kier alpha value is -3.84. The third-order valence-corrected chi connectivity index (χ3v) is 9.22. The summed E-state index contributed by atoms with van der Waals surface area (Å²) in [5.41, 5.74) is 0.575. The first-order valence-corrected chi connectivity index (χ1v) is 13.8. The number of likely N-dealkylation sites (tertiary alicyclic amines) is 1. The van der Waals surface area contributed by atoms with Crippen LogP contribution in [-0.4, -0.2) is 93.9 Å². The molecule has 5 rings (SSSR count). The summed E-state index contributed by atoms with van der Waals surface area (Å²) >= 11 is 0. The Bertz CT molecular complexity index is 1400. The molecule has 0 spiro atoms. The third-order valence-electron chi connectivity index (χ3n) is 7.31. The normalized spacial score (nSPS) is 21.5. The molecule has 2 amide bonds. The largest absolute Gasteiger partial charge is 0.497 e. The van der Waals surface area contributed by atoms with Crippen molar-refractivity contribution in [2.45, 2.75) is 30.0 Å². The fourth-order valence-corrected chi connectivity index (χ4v) is 6.71. The minimum absolute atomic E-state index is 0.110. The van der Waals surface area contributed by atoms with Gasteiger partial charge in [-0.15, -0.1) is 0 Å². The summed E-state index contributed by atoms with van der Waals surface area (Å²) in [7, 11) is 0.609. The zero-order valence-corrected chi connectivity index (χ0v) is 22.6. The standard InChI is InChI=1S/C26H29N3O9S/c1-35-16-4-6-17(7-5-16)39(33,34)28-14-12-27(13-15-28)24(31)19-9-11-21(30)29(19)25-18-8-10-20(36-2)23(37-3)22(18)26(32)38-25/h4-8,10,19,25H,9,11-15H2,1-3H3/t19-,25?/m0/s1. The van der Waals surface area contributed by atoms with Crippen molar-refractivity contribution in [1.82, 2.24) is 14.1 Å². The van der Waals surface area contributed by atoms with E-state index in [-0.39, 0.29) is 67.0 Å². The fraction of sp³-hybridized carbons (Fsp3) is 0.423. The monoisotopic (exact) mass is 559 g/mol. The minimum Gasteiger partial charge on any atom is -0.497 e. The number of ether oxygens (including phenoxy) is 4. The SMILES string of the molecule is COc1ccc(S(=O)(=O)N2CCN(C(=O)[C@@H]3CCC(=O)N3C3OC(=O)c4c3ccc(OC)c4OC)CC2)cc1. The van der Waals surface area contributed by atoms with Gasteiger partial charge in [0.15, 0.2) is 11.5 Å². The molecule has 2 aromatic rings. The van der Waals surface area contributed by atoms with Gasteiger partial charge in [-0.2, -0.15) is 4.31 Å². The highest BCUT2D eigenvalue weighted by Crippen LogP contribution is 2.45. The number of nitrogens with zero attached hydrogens (tertiary/aromatic N) is 3. The fourth-order valence-electron chi connectivity index (χ4n) is 5.28. The Labute approximate surface area is 226 Å². The van der Waals surface area contributed by atoms with E-state index in [0.717, 1.165) is 0 Å². The van der Waals surface area contributed by atoms with Crippen LogP contribution in [0.2, 0.25) is 0 Å². The summed E-state index contributed by atoms with van der Waals surface area (Å²) in [6.45, 7) is 0.551. The number of piperazine rings is 1. The lowest BCUT2D eigenvalue weighted by atomic mass is 10.0. The first-order chi connectivity index (χ1) is 18.7. The van der Waals surface area contributed by atoms with E-state index in [9.17, 15) is 22.8 Å². The molecule has 208 valence electrons. The molecule has 1 unspecified atom stereocenters. The number of amides is 2. The zero-order chi connectivity index (χ0) is 27.9. The van der Waals surface area contributed by atoms with E-state index >= 15 is 0 Å². The highest BCUT2D eigenvalue weighted by molar-refractivity contribution is 7.89. The predicted molar refractivity (Wildman–Crippen MR) is 136 cm³/mol. The van der Waals surface area contributed by atoms with Gasteiger partial charge in [0.2, 0.25) is 28.1 Å². The molecule has 2 fully saturated rings. The van der Waals surface area contributed by atoms with Crippen LogP contribution in [0.1, 0.15) is 35.0 Å². The molecule has 0 aromatic heterocycles. The van der Waals surface area contributed by atoms with Gasteiger partial charge in [-0.1, -0.05) is 0 Å². The van der Waals surface area contributed by atoms with Gasteiger partial charge in [-0.05, 0) is 42.8 Å². The van der Waals surface area contributed by atoms with Crippen LogP contribution in [-0.2, 0) is 24.3 Å². The summed E-state index contributed by atoms with van der Waals surface area (Å²) in [4.78, 5) is 42.3. The molecule has 0 aliphatic carbocycles. The molecule has 3 aliphatic heterocycles. The van der Waals surface area contributed by atoms with Gasteiger partial charge in [0.1, 0.15) is 17.4 Å². The van der Waals surface area contributed by atoms with Crippen molar-refractivity contribution in [1.29, 1.82) is 0 Å². The maximum absolute atomic E-state index is 13.6. The van der Waals surface area contributed by atoms with Crippen molar-refractivity contribution >= 4 is 27.8 Å². The number of carbonyl (C=O) groups excluding carboxylic acids is 3. The number of hydrogen-bond donors (Lipinski definition) is 0. The second-order valence-corrected chi connectivity index (χ2v) is 11.2. The third kappa shape index (κ3) is 4.55. The van der Waals surface area contributed by atoms with Gasteiger partial charge >= 0.3 is 5.97 Å². The highest BCUT2D eigenvalue weighted by Gasteiger charge is 2.49. The molecular weight excluding hydrogens is 530 g/mol. The van der Waals surface area contributed by atoms with Crippen molar-refractivity contribution < 1.29 is 41.7 Å². The van der Waals surface area contributed by atoms with Crippen molar-refractivity contribution in [3.05, 3.63) is 47.5 Å². The van der Waals surface area contributed by atoms with E-state index in [4.69, 9.17) is 18.9 Å². The van der Waals surface area contributed by atoms with Crippen LogP contribution >= 0.6 is 0 Å². The molecule has 0 saturated carbocycles. The van der Waals surface area contributed by atoms with Crippen molar-refractivity contribution in [2.24, 2.45) is 0 Å². The number of benzene rings is 2. The van der Waals surface area contributed by atoms with Crippen LogP contribution in [0.15, 0.2) is 41.3 Å². The van der Waals surface area contributed by atoms with Crippen LogP contribution in [0.5, 0.6) is 17.2 Å². The van der Waals surface area contributed by atoms with Gasteiger partial charge < -0.3 is 23.8 Å². The average Bonchev–Trinajstić information content (AvgIpc) is 3.50. The number of methoxy groups -OCH3 is 3. The number of carbonyl (C=O) groups is 3. The first-order valence-electron chi connectivity index (χ1n) is 12.4. The Morgan fingerprint density at radius 1 is 0.923 bits per heavy atom. The molecule has 0 N–H and O–H groups in total. The molecule has 0 radical (unpaired) electrons. The molecule has 39 heavy (non-hydrogen) atoms. The van der Waals surface area contributed by atoms with Crippen LogP contribution < -0.4 is 14.2 Å². The molecule has 0 bridgehead atoms. The summed E-state index contributed by atoms with van der Waals surface area (Å²) in [5, 5.41) is 0. The number of hydrogen-bond acceptors (Lipinski definition) is 9.